The number of benzene rings is 2. The van der Waals surface area contributed by atoms with Gasteiger partial charge < -0.3 is 14.6 Å². The molecular weight excluding hydrogens is 334 g/mol. The third kappa shape index (κ3) is 3.25. The fraction of sp³-hybridized carbons (Fsp3) is 0.118. The number of aromatic hydroxyl groups is 1. The summed E-state index contributed by atoms with van der Waals surface area (Å²) in [5.74, 6) is 1.09. The molecule has 0 aliphatic carbocycles. The molecule has 118 valence electrons. The van der Waals surface area contributed by atoms with Gasteiger partial charge in [0.2, 0.25) is 0 Å². The summed E-state index contributed by atoms with van der Waals surface area (Å²) in [7, 11) is 3.13. The first kappa shape index (κ1) is 15.6. The van der Waals surface area contributed by atoms with Crippen LogP contribution >= 0.6 is 22.9 Å². The van der Waals surface area contributed by atoms with Crippen LogP contribution in [-0.4, -0.2) is 24.3 Å². The minimum Gasteiger partial charge on any atom is -0.503 e. The fourth-order valence-electron chi connectivity index (χ4n) is 2.13. The van der Waals surface area contributed by atoms with Crippen LogP contribution < -0.4 is 9.47 Å². The molecule has 2 aromatic carbocycles. The molecule has 3 rings (SSSR count). The van der Waals surface area contributed by atoms with Crippen LogP contribution in [0.4, 0.5) is 0 Å². The van der Waals surface area contributed by atoms with Crippen molar-refractivity contribution in [2.75, 3.05) is 14.2 Å². The number of fused-ring (bicyclic) bond motifs is 1. The lowest BCUT2D eigenvalue weighted by molar-refractivity contribution is 0.373. The van der Waals surface area contributed by atoms with Crippen molar-refractivity contribution in [2.45, 2.75) is 0 Å². The average Bonchev–Trinajstić information content (AvgIpc) is 2.97. The Morgan fingerprint density at radius 1 is 1.13 bits per heavy atom. The predicted octanol–water partition coefficient (Wildman–Crippen LogP) is 4.84. The summed E-state index contributed by atoms with van der Waals surface area (Å²) in [5.41, 5.74) is 1.75. The summed E-state index contributed by atoms with van der Waals surface area (Å²) in [6, 6.07) is 9.17. The van der Waals surface area contributed by atoms with Crippen LogP contribution in [0.25, 0.3) is 22.4 Å². The van der Waals surface area contributed by atoms with Crippen molar-refractivity contribution < 1.29 is 14.6 Å². The molecular formula is C17H14ClNO3S. The summed E-state index contributed by atoms with van der Waals surface area (Å²) >= 11 is 7.56. The number of ether oxygens (including phenoxy) is 2. The summed E-state index contributed by atoms with van der Waals surface area (Å²) in [6.07, 6.45) is 3.78. The number of phenols is 1. The zero-order valence-electron chi connectivity index (χ0n) is 12.5. The number of hydrogen-bond acceptors (Lipinski definition) is 5. The monoisotopic (exact) mass is 347 g/mol. The van der Waals surface area contributed by atoms with Gasteiger partial charge in [-0.1, -0.05) is 17.7 Å². The standard InChI is InChI=1S/C17H14ClNO3S/c1-21-11-4-5-13-15(9-11)23-16(19-13)6-3-10-7-12(18)17(20)14(8-10)22-2/h3-9,20H,1-2H3. The maximum atomic E-state index is 9.75. The van der Waals surface area contributed by atoms with Gasteiger partial charge in [-0.15, -0.1) is 11.3 Å². The minimum atomic E-state index is -0.0570. The molecule has 0 saturated carbocycles. The lowest BCUT2D eigenvalue weighted by Gasteiger charge is -2.05. The van der Waals surface area contributed by atoms with E-state index in [0.717, 1.165) is 26.5 Å². The highest BCUT2D eigenvalue weighted by molar-refractivity contribution is 7.19. The minimum absolute atomic E-state index is 0.0570. The van der Waals surface area contributed by atoms with Crippen LogP contribution in [0.3, 0.4) is 0 Å². The van der Waals surface area contributed by atoms with Gasteiger partial charge >= 0.3 is 0 Å². The zero-order chi connectivity index (χ0) is 16.4. The number of phenolic OH excluding ortho intramolecular Hbond substituents is 1. The Bertz CT molecular complexity index is 889. The molecule has 0 aliphatic heterocycles. The van der Waals surface area contributed by atoms with Crippen molar-refractivity contribution in [2.24, 2.45) is 0 Å². The van der Waals surface area contributed by atoms with E-state index in [1.54, 1.807) is 30.6 Å². The van der Waals surface area contributed by atoms with Crippen LogP contribution in [-0.2, 0) is 0 Å². The van der Waals surface area contributed by atoms with Crippen molar-refractivity contribution >= 4 is 45.3 Å². The molecule has 0 saturated heterocycles. The molecule has 1 aromatic heterocycles. The SMILES string of the molecule is COc1ccc2nc(C=Cc3cc(Cl)c(O)c(OC)c3)sc2c1. The molecule has 4 nitrogen and oxygen atoms in total. The molecule has 23 heavy (non-hydrogen) atoms. The van der Waals surface area contributed by atoms with Crippen molar-refractivity contribution in [1.82, 2.24) is 4.98 Å². The summed E-state index contributed by atoms with van der Waals surface area (Å²) in [5, 5.41) is 10.9. The highest BCUT2D eigenvalue weighted by Crippen LogP contribution is 2.35. The van der Waals surface area contributed by atoms with E-state index >= 15 is 0 Å². The van der Waals surface area contributed by atoms with Gasteiger partial charge in [0.25, 0.3) is 0 Å². The van der Waals surface area contributed by atoms with E-state index in [1.807, 2.05) is 30.4 Å². The maximum absolute atomic E-state index is 9.75. The number of rotatable bonds is 4. The second-order valence-corrected chi connectivity index (χ2v) is 6.24. The van der Waals surface area contributed by atoms with Crippen molar-refractivity contribution in [3.8, 4) is 17.2 Å². The van der Waals surface area contributed by atoms with E-state index in [9.17, 15) is 5.11 Å². The van der Waals surface area contributed by atoms with Crippen LogP contribution in [0.15, 0.2) is 30.3 Å². The van der Waals surface area contributed by atoms with Crippen LogP contribution in [0.2, 0.25) is 5.02 Å². The molecule has 1 N–H and O–H groups in total. The van der Waals surface area contributed by atoms with E-state index in [2.05, 4.69) is 4.98 Å². The largest absolute Gasteiger partial charge is 0.503 e. The Balaban J connectivity index is 1.92. The van der Waals surface area contributed by atoms with Gasteiger partial charge in [0.05, 0.1) is 29.5 Å². The van der Waals surface area contributed by atoms with Gasteiger partial charge in [-0.25, -0.2) is 4.98 Å². The van der Waals surface area contributed by atoms with Gasteiger partial charge in [-0.2, -0.15) is 0 Å². The molecule has 1 heterocycles. The summed E-state index contributed by atoms with van der Waals surface area (Å²) < 4.78 is 11.4. The third-order valence-corrected chi connectivity index (χ3v) is 4.57. The first-order valence-corrected chi connectivity index (χ1v) is 7.99. The van der Waals surface area contributed by atoms with E-state index in [4.69, 9.17) is 21.1 Å². The first-order chi connectivity index (χ1) is 11.1. The second kappa shape index (κ2) is 6.48. The zero-order valence-corrected chi connectivity index (χ0v) is 14.1. The summed E-state index contributed by atoms with van der Waals surface area (Å²) in [6.45, 7) is 0. The Morgan fingerprint density at radius 3 is 2.70 bits per heavy atom. The highest BCUT2D eigenvalue weighted by atomic mass is 35.5. The Hall–Kier alpha value is -2.24. The molecule has 0 radical (unpaired) electrons. The second-order valence-electron chi connectivity index (χ2n) is 4.77. The third-order valence-electron chi connectivity index (χ3n) is 3.30. The molecule has 0 unspecified atom stereocenters. The lowest BCUT2D eigenvalue weighted by atomic mass is 10.2. The van der Waals surface area contributed by atoms with Gasteiger partial charge in [-0.3, -0.25) is 0 Å². The van der Waals surface area contributed by atoms with E-state index in [0.29, 0.717) is 5.75 Å². The number of aromatic nitrogens is 1. The number of methoxy groups -OCH3 is 2. The quantitative estimate of drug-likeness (QED) is 0.733. The molecule has 0 atom stereocenters. The average molecular weight is 348 g/mol. The van der Waals surface area contributed by atoms with Crippen molar-refractivity contribution in [3.05, 3.63) is 45.9 Å². The normalized spacial score (nSPS) is 11.3. The van der Waals surface area contributed by atoms with E-state index < -0.39 is 0 Å². The number of thiazole rings is 1. The van der Waals surface area contributed by atoms with Gasteiger partial charge in [0.15, 0.2) is 11.5 Å². The van der Waals surface area contributed by atoms with E-state index in [-0.39, 0.29) is 10.8 Å². The Morgan fingerprint density at radius 2 is 1.96 bits per heavy atom. The highest BCUT2D eigenvalue weighted by Gasteiger charge is 2.08. The Labute approximate surface area is 142 Å². The van der Waals surface area contributed by atoms with E-state index in [1.165, 1.54) is 7.11 Å². The Kier molecular flexibility index (Phi) is 4.41. The number of nitrogens with zero attached hydrogens (tertiary/aromatic N) is 1. The number of halogens is 1. The lowest BCUT2D eigenvalue weighted by Crippen LogP contribution is -1.85. The maximum Gasteiger partial charge on any atom is 0.176 e. The van der Waals surface area contributed by atoms with Crippen LogP contribution in [0.1, 0.15) is 10.6 Å². The molecule has 0 fully saturated rings. The molecule has 3 aromatic rings. The fourth-order valence-corrected chi connectivity index (χ4v) is 3.25. The smallest absolute Gasteiger partial charge is 0.176 e. The molecule has 0 aliphatic rings. The van der Waals surface area contributed by atoms with Crippen molar-refractivity contribution in [1.29, 1.82) is 0 Å². The molecule has 6 heteroatoms. The summed E-state index contributed by atoms with van der Waals surface area (Å²) in [4.78, 5) is 4.55. The molecule has 0 bridgehead atoms. The van der Waals surface area contributed by atoms with Crippen LogP contribution in [0.5, 0.6) is 17.2 Å². The van der Waals surface area contributed by atoms with Gasteiger partial charge in [0, 0.05) is 0 Å². The first-order valence-electron chi connectivity index (χ1n) is 6.80. The predicted molar refractivity (Wildman–Crippen MR) is 94.8 cm³/mol. The number of hydrogen-bond donors (Lipinski definition) is 1. The topological polar surface area (TPSA) is 51.6 Å². The van der Waals surface area contributed by atoms with Crippen LogP contribution in [0, 0.1) is 0 Å². The van der Waals surface area contributed by atoms with Gasteiger partial charge in [-0.05, 0) is 42.0 Å². The molecule has 0 spiro atoms. The van der Waals surface area contributed by atoms with Crippen molar-refractivity contribution in [3.63, 3.8) is 0 Å². The van der Waals surface area contributed by atoms with Gasteiger partial charge in [0.1, 0.15) is 10.8 Å². The molecule has 0 amide bonds.